The summed E-state index contributed by atoms with van der Waals surface area (Å²) in [5.41, 5.74) is 0. The van der Waals surface area contributed by atoms with Gasteiger partial charge >= 0.3 is 0 Å². The van der Waals surface area contributed by atoms with Gasteiger partial charge in [0.1, 0.15) is 18.2 Å². The zero-order valence-electron chi connectivity index (χ0n) is 12.8. The third kappa shape index (κ3) is 3.09. The fourth-order valence-electron chi connectivity index (χ4n) is 3.73. The molecule has 0 radical (unpaired) electrons. The molecule has 1 aromatic rings. The van der Waals surface area contributed by atoms with E-state index in [4.69, 9.17) is 9.47 Å². The van der Waals surface area contributed by atoms with Crippen molar-refractivity contribution in [2.75, 3.05) is 20.3 Å². The Labute approximate surface area is 130 Å². The number of hydrogen-bond donors (Lipinski definition) is 0. The second-order valence-electron chi connectivity index (χ2n) is 6.10. The molecule has 2 unspecified atom stereocenters. The number of piperidine rings is 1. The molecule has 3 rings (SSSR count). The quantitative estimate of drug-likeness (QED) is 0.811. The highest BCUT2D eigenvalue weighted by Crippen LogP contribution is 2.42. The third-order valence-corrected chi connectivity index (χ3v) is 4.78. The van der Waals surface area contributed by atoms with E-state index < -0.39 is 0 Å². The maximum absolute atomic E-state index is 12.9. The van der Waals surface area contributed by atoms with Gasteiger partial charge in [-0.05, 0) is 49.4 Å². The van der Waals surface area contributed by atoms with E-state index in [1.54, 1.807) is 19.2 Å². The van der Waals surface area contributed by atoms with E-state index in [0.717, 1.165) is 19.3 Å². The van der Waals surface area contributed by atoms with Crippen molar-refractivity contribution in [2.45, 2.75) is 37.8 Å². The normalized spacial score (nSPS) is 26.5. The Morgan fingerprint density at radius 3 is 2.82 bits per heavy atom. The number of ether oxygens (including phenoxy) is 2. The lowest BCUT2D eigenvalue weighted by atomic mass is 9.99. The van der Waals surface area contributed by atoms with Crippen LogP contribution in [0, 0.1) is 11.7 Å². The van der Waals surface area contributed by atoms with Crippen molar-refractivity contribution < 1.29 is 18.7 Å². The molecule has 120 valence electrons. The molecule has 1 saturated carbocycles. The van der Waals surface area contributed by atoms with E-state index in [-0.39, 0.29) is 17.8 Å². The van der Waals surface area contributed by atoms with Gasteiger partial charge in [0.15, 0.2) is 0 Å². The number of benzene rings is 1. The Morgan fingerprint density at radius 1 is 1.32 bits per heavy atom. The number of likely N-dealkylation sites (tertiary alicyclic amines) is 1. The van der Waals surface area contributed by atoms with Crippen molar-refractivity contribution >= 4 is 5.91 Å². The second kappa shape index (κ2) is 6.65. The Morgan fingerprint density at radius 2 is 2.09 bits per heavy atom. The number of methoxy groups -OCH3 is 1. The summed E-state index contributed by atoms with van der Waals surface area (Å²) in [4.78, 5) is 14.4. The molecule has 0 spiro atoms. The van der Waals surface area contributed by atoms with Crippen LogP contribution in [0.3, 0.4) is 0 Å². The predicted octanol–water partition coefficient (Wildman–Crippen LogP) is 2.62. The summed E-state index contributed by atoms with van der Waals surface area (Å²) in [6, 6.07) is 6.51. The van der Waals surface area contributed by atoms with Crippen LogP contribution >= 0.6 is 0 Å². The molecule has 0 aromatic heterocycles. The Hall–Kier alpha value is -1.62. The Bertz CT molecular complexity index is 519. The van der Waals surface area contributed by atoms with Gasteiger partial charge < -0.3 is 14.4 Å². The van der Waals surface area contributed by atoms with Crippen molar-refractivity contribution in [1.82, 2.24) is 4.90 Å². The Balaban J connectivity index is 1.62. The molecule has 2 aliphatic rings. The van der Waals surface area contributed by atoms with Gasteiger partial charge in [-0.3, -0.25) is 4.79 Å². The van der Waals surface area contributed by atoms with Crippen LogP contribution in [0.15, 0.2) is 24.3 Å². The molecular formula is C17H22FNO3. The molecule has 1 aliphatic carbocycles. The van der Waals surface area contributed by atoms with Crippen LogP contribution in [0.1, 0.15) is 25.7 Å². The Kier molecular flexibility index (Phi) is 4.62. The first-order chi connectivity index (χ1) is 10.7. The minimum atomic E-state index is -0.274. The molecular weight excluding hydrogens is 285 g/mol. The van der Waals surface area contributed by atoms with Crippen LogP contribution in [0.4, 0.5) is 4.39 Å². The fourth-order valence-corrected chi connectivity index (χ4v) is 3.73. The van der Waals surface area contributed by atoms with E-state index in [0.29, 0.717) is 37.3 Å². The lowest BCUT2D eigenvalue weighted by Crippen LogP contribution is -2.48. The summed E-state index contributed by atoms with van der Waals surface area (Å²) in [5, 5.41) is 0. The van der Waals surface area contributed by atoms with Crippen LogP contribution in [-0.4, -0.2) is 43.2 Å². The number of rotatable bonds is 6. The van der Waals surface area contributed by atoms with Crippen LogP contribution in [-0.2, 0) is 9.53 Å². The van der Waals surface area contributed by atoms with E-state index >= 15 is 0 Å². The zero-order chi connectivity index (χ0) is 15.5. The molecule has 3 atom stereocenters. The summed E-state index contributed by atoms with van der Waals surface area (Å²) in [7, 11) is 1.61. The van der Waals surface area contributed by atoms with Gasteiger partial charge in [0.2, 0.25) is 5.91 Å². The summed E-state index contributed by atoms with van der Waals surface area (Å²) >= 11 is 0. The molecule has 1 aromatic carbocycles. The molecule has 5 heteroatoms. The zero-order valence-corrected chi connectivity index (χ0v) is 12.8. The maximum atomic E-state index is 12.9. The molecule has 1 heterocycles. The molecule has 1 amide bonds. The molecule has 0 N–H and O–H groups in total. The van der Waals surface area contributed by atoms with Crippen molar-refractivity contribution in [3.05, 3.63) is 30.1 Å². The van der Waals surface area contributed by atoms with E-state index in [2.05, 4.69) is 0 Å². The highest BCUT2D eigenvalue weighted by Gasteiger charge is 2.47. The minimum absolute atomic E-state index is 0.133. The monoisotopic (exact) mass is 307 g/mol. The highest BCUT2D eigenvalue weighted by atomic mass is 19.1. The van der Waals surface area contributed by atoms with E-state index in [1.807, 2.05) is 4.90 Å². The maximum Gasteiger partial charge on any atom is 0.225 e. The summed E-state index contributed by atoms with van der Waals surface area (Å²) < 4.78 is 23.7. The molecule has 2 bridgehead atoms. The van der Waals surface area contributed by atoms with Gasteiger partial charge in [-0.25, -0.2) is 4.39 Å². The van der Waals surface area contributed by atoms with Gasteiger partial charge in [-0.1, -0.05) is 0 Å². The lowest BCUT2D eigenvalue weighted by Gasteiger charge is -2.35. The average Bonchev–Trinajstić information content (AvgIpc) is 3.13. The van der Waals surface area contributed by atoms with Gasteiger partial charge in [0, 0.05) is 13.2 Å². The van der Waals surface area contributed by atoms with Crippen LogP contribution < -0.4 is 4.74 Å². The smallest absolute Gasteiger partial charge is 0.225 e. The summed E-state index contributed by atoms with van der Waals surface area (Å²) in [6.07, 6.45) is 3.76. The predicted molar refractivity (Wildman–Crippen MR) is 80.2 cm³/mol. The molecule has 4 nitrogen and oxygen atoms in total. The topological polar surface area (TPSA) is 38.8 Å². The first-order valence-corrected chi connectivity index (χ1v) is 7.87. The van der Waals surface area contributed by atoms with Gasteiger partial charge in [-0.2, -0.15) is 0 Å². The first-order valence-electron chi connectivity index (χ1n) is 7.87. The van der Waals surface area contributed by atoms with Crippen LogP contribution in [0.5, 0.6) is 5.75 Å². The minimum Gasteiger partial charge on any atom is -0.491 e. The summed E-state index contributed by atoms with van der Waals surface area (Å²) in [6.45, 7) is 0.934. The lowest BCUT2D eigenvalue weighted by molar-refractivity contribution is -0.137. The summed E-state index contributed by atoms with van der Waals surface area (Å²) in [5.74, 6) is 1.05. The number of nitrogens with zero attached hydrogens (tertiary/aromatic N) is 1. The van der Waals surface area contributed by atoms with Crippen molar-refractivity contribution in [1.29, 1.82) is 0 Å². The standard InChI is InChI=1S/C17H22FNO3/c1-21-9-8-17(20)19-14-5-2-12(10-14)16(19)11-22-15-6-3-13(18)4-7-15/h3-4,6-7,12,14,16H,2,5,8-11H2,1H3/t12?,14?,16-/m0/s1. The molecule has 22 heavy (non-hydrogen) atoms. The average molecular weight is 307 g/mol. The number of amides is 1. The molecule has 1 aliphatic heterocycles. The van der Waals surface area contributed by atoms with Crippen molar-refractivity contribution in [3.63, 3.8) is 0 Å². The third-order valence-electron chi connectivity index (χ3n) is 4.78. The van der Waals surface area contributed by atoms with Gasteiger partial charge in [-0.15, -0.1) is 0 Å². The first kappa shape index (κ1) is 15.3. The van der Waals surface area contributed by atoms with Crippen molar-refractivity contribution in [3.8, 4) is 5.75 Å². The van der Waals surface area contributed by atoms with Crippen LogP contribution in [0.2, 0.25) is 0 Å². The number of halogens is 1. The highest BCUT2D eigenvalue weighted by molar-refractivity contribution is 5.77. The van der Waals surface area contributed by atoms with E-state index in [1.165, 1.54) is 12.1 Å². The SMILES string of the molecule is COCCC(=O)N1C2CCC(C2)[C@@H]1COc1ccc(F)cc1. The number of hydrogen-bond acceptors (Lipinski definition) is 3. The molecule has 2 fully saturated rings. The van der Waals surface area contributed by atoms with Crippen LogP contribution in [0.25, 0.3) is 0 Å². The number of fused-ring (bicyclic) bond motifs is 2. The fraction of sp³-hybridized carbons (Fsp3) is 0.588. The molecule has 1 saturated heterocycles. The van der Waals surface area contributed by atoms with E-state index in [9.17, 15) is 9.18 Å². The van der Waals surface area contributed by atoms with Crippen molar-refractivity contribution in [2.24, 2.45) is 5.92 Å². The van der Waals surface area contributed by atoms with Gasteiger partial charge in [0.05, 0.1) is 19.1 Å². The number of carbonyl (C=O) groups excluding carboxylic acids is 1. The van der Waals surface area contributed by atoms with Gasteiger partial charge in [0.25, 0.3) is 0 Å². The largest absolute Gasteiger partial charge is 0.491 e. The number of carbonyl (C=O) groups is 1. The second-order valence-corrected chi connectivity index (χ2v) is 6.10.